The standard InChI is InChI=1S/C22H34N6O/c1-15-20(12-23-16(2)24-15)22(29)27(5)13-17-7-9-18(10-8-17)21-11-19(14-26(3)4)28(6)25-21/h11-12,17-18H,7-10,13-14H2,1-6H3. The van der Waals surface area contributed by atoms with Gasteiger partial charge in [0, 0.05) is 39.3 Å². The summed E-state index contributed by atoms with van der Waals surface area (Å²) in [6.07, 6.45) is 6.19. The van der Waals surface area contributed by atoms with Crippen LogP contribution in [0.1, 0.15) is 64.9 Å². The highest BCUT2D eigenvalue weighted by atomic mass is 16.2. The quantitative estimate of drug-likeness (QED) is 0.748. The summed E-state index contributed by atoms with van der Waals surface area (Å²) in [6, 6.07) is 2.26. The molecule has 7 nitrogen and oxygen atoms in total. The lowest BCUT2D eigenvalue weighted by Crippen LogP contribution is -2.34. The van der Waals surface area contributed by atoms with Gasteiger partial charge in [0.25, 0.3) is 5.91 Å². The SMILES string of the molecule is Cc1ncc(C(=O)N(C)CC2CCC(c3cc(CN(C)C)n(C)n3)CC2)c(C)n1. The van der Waals surface area contributed by atoms with Crippen molar-refractivity contribution in [2.75, 3.05) is 27.7 Å². The van der Waals surface area contributed by atoms with Gasteiger partial charge in [-0.05, 0) is 65.6 Å². The zero-order valence-electron chi connectivity index (χ0n) is 18.6. The molecule has 7 heteroatoms. The maximum Gasteiger partial charge on any atom is 0.257 e. The van der Waals surface area contributed by atoms with Gasteiger partial charge in [-0.15, -0.1) is 0 Å². The summed E-state index contributed by atoms with van der Waals surface area (Å²) in [5, 5.41) is 4.77. The van der Waals surface area contributed by atoms with Gasteiger partial charge in [0.15, 0.2) is 0 Å². The summed E-state index contributed by atoms with van der Waals surface area (Å²) < 4.78 is 2.01. The van der Waals surface area contributed by atoms with Gasteiger partial charge in [-0.3, -0.25) is 9.48 Å². The highest BCUT2D eigenvalue weighted by molar-refractivity contribution is 5.94. The average molecular weight is 399 g/mol. The molecule has 1 fully saturated rings. The van der Waals surface area contributed by atoms with Gasteiger partial charge >= 0.3 is 0 Å². The summed E-state index contributed by atoms with van der Waals surface area (Å²) in [5.74, 6) is 1.78. The van der Waals surface area contributed by atoms with E-state index in [0.717, 1.165) is 44.5 Å². The van der Waals surface area contributed by atoms with Gasteiger partial charge in [0.1, 0.15) is 5.82 Å². The third-order valence-electron chi connectivity index (χ3n) is 5.95. The molecule has 0 spiro atoms. The molecule has 0 aliphatic heterocycles. The van der Waals surface area contributed by atoms with Crippen molar-refractivity contribution in [2.24, 2.45) is 13.0 Å². The zero-order chi connectivity index (χ0) is 21.1. The van der Waals surface area contributed by atoms with Gasteiger partial charge < -0.3 is 9.80 Å². The Kier molecular flexibility index (Phi) is 6.67. The van der Waals surface area contributed by atoms with Crippen molar-refractivity contribution in [1.82, 2.24) is 29.5 Å². The normalized spacial score (nSPS) is 19.6. The summed E-state index contributed by atoms with van der Waals surface area (Å²) in [4.78, 5) is 25.3. The minimum absolute atomic E-state index is 0.0164. The smallest absolute Gasteiger partial charge is 0.257 e. The van der Waals surface area contributed by atoms with E-state index in [1.165, 1.54) is 11.4 Å². The first-order chi connectivity index (χ1) is 13.7. The molecule has 0 aromatic carbocycles. The van der Waals surface area contributed by atoms with E-state index in [2.05, 4.69) is 35.0 Å². The second kappa shape index (κ2) is 9.03. The molecule has 0 atom stereocenters. The molecule has 29 heavy (non-hydrogen) atoms. The Balaban J connectivity index is 1.55. The summed E-state index contributed by atoms with van der Waals surface area (Å²) >= 11 is 0. The Morgan fingerprint density at radius 3 is 2.48 bits per heavy atom. The van der Waals surface area contributed by atoms with Crippen molar-refractivity contribution in [3.63, 3.8) is 0 Å². The van der Waals surface area contributed by atoms with Gasteiger partial charge in [-0.1, -0.05) is 0 Å². The fraction of sp³-hybridized carbons (Fsp3) is 0.636. The van der Waals surface area contributed by atoms with Crippen molar-refractivity contribution in [3.05, 3.63) is 40.7 Å². The van der Waals surface area contributed by atoms with Crippen LogP contribution in [-0.4, -0.2) is 63.1 Å². The van der Waals surface area contributed by atoms with Crippen LogP contribution in [0.25, 0.3) is 0 Å². The van der Waals surface area contributed by atoms with Gasteiger partial charge in [0.05, 0.1) is 22.6 Å². The Labute approximate surface area is 174 Å². The number of aryl methyl sites for hydroxylation is 3. The van der Waals surface area contributed by atoms with Gasteiger partial charge in [-0.2, -0.15) is 5.10 Å². The van der Waals surface area contributed by atoms with E-state index in [-0.39, 0.29) is 5.91 Å². The lowest BCUT2D eigenvalue weighted by molar-refractivity contribution is 0.0756. The van der Waals surface area contributed by atoms with E-state index in [0.29, 0.717) is 23.2 Å². The highest BCUT2D eigenvalue weighted by Gasteiger charge is 2.27. The predicted octanol–water partition coefficient (Wildman–Crippen LogP) is 2.93. The highest BCUT2D eigenvalue weighted by Crippen LogP contribution is 2.35. The predicted molar refractivity (Wildman–Crippen MR) is 114 cm³/mol. The Morgan fingerprint density at radius 1 is 1.17 bits per heavy atom. The van der Waals surface area contributed by atoms with Crippen LogP contribution in [0.4, 0.5) is 0 Å². The van der Waals surface area contributed by atoms with Gasteiger partial charge in [0.2, 0.25) is 0 Å². The maximum atomic E-state index is 12.8. The van der Waals surface area contributed by atoms with Crippen LogP contribution < -0.4 is 0 Å². The molecule has 0 saturated heterocycles. The molecule has 0 N–H and O–H groups in total. The number of carbonyl (C=O) groups excluding carboxylic acids is 1. The van der Waals surface area contributed by atoms with E-state index in [9.17, 15) is 4.79 Å². The van der Waals surface area contributed by atoms with Crippen molar-refractivity contribution in [1.29, 1.82) is 0 Å². The Morgan fingerprint density at radius 2 is 1.86 bits per heavy atom. The number of amides is 1. The minimum Gasteiger partial charge on any atom is -0.341 e. The van der Waals surface area contributed by atoms with Crippen molar-refractivity contribution in [3.8, 4) is 0 Å². The van der Waals surface area contributed by atoms with Crippen molar-refractivity contribution in [2.45, 2.75) is 52.0 Å². The van der Waals surface area contributed by atoms with Crippen LogP contribution in [0, 0.1) is 19.8 Å². The molecule has 0 unspecified atom stereocenters. The van der Waals surface area contributed by atoms with Crippen LogP contribution in [0.5, 0.6) is 0 Å². The van der Waals surface area contributed by atoms with E-state index < -0.39 is 0 Å². The Bertz CT molecular complexity index is 851. The van der Waals surface area contributed by atoms with E-state index in [1.807, 2.05) is 37.5 Å². The van der Waals surface area contributed by atoms with Crippen LogP contribution in [0.2, 0.25) is 0 Å². The lowest BCUT2D eigenvalue weighted by Gasteiger charge is -2.30. The number of hydrogen-bond donors (Lipinski definition) is 0. The van der Waals surface area contributed by atoms with Crippen LogP contribution in [-0.2, 0) is 13.6 Å². The molecule has 1 aliphatic rings. The topological polar surface area (TPSA) is 67.2 Å². The van der Waals surface area contributed by atoms with Crippen LogP contribution in [0.3, 0.4) is 0 Å². The molecular weight excluding hydrogens is 364 g/mol. The molecule has 3 rings (SSSR count). The lowest BCUT2D eigenvalue weighted by atomic mass is 9.80. The molecule has 1 amide bonds. The monoisotopic (exact) mass is 398 g/mol. The molecule has 0 bridgehead atoms. The number of rotatable bonds is 6. The molecule has 2 aromatic heterocycles. The number of hydrogen-bond acceptors (Lipinski definition) is 5. The summed E-state index contributed by atoms with van der Waals surface area (Å²) in [5.41, 5.74) is 3.84. The minimum atomic E-state index is 0.0164. The third-order valence-corrected chi connectivity index (χ3v) is 5.95. The molecule has 2 heterocycles. The molecular formula is C22H34N6O. The van der Waals surface area contributed by atoms with Crippen LogP contribution >= 0.6 is 0 Å². The maximum absolute atomic E-state index is 12.8. The van der Waals surface area contributed by atoms with Gasteiger partial charge in [-0.25, -0.2) is 9.97 Å². The molecule has 1 saturated carbocycles. The fourth-order valence-corrected chi connectivity index (χ4v) is 4.31. The first-order valence-corrected chi connectivity index (χ1v) is 10.5. The second-order valence-electron chi connectivity index (χ2n) is 8.74. The first-order valence-electron chi connectivity index (χ1n) is 10.5. The molecule has 0 radical (unpaired) electrons. The molecule has 2 aromatic rings. The van der Waals surface area contributed by atoms with Crippen LogP contribution in [0.15, 0.2) is 12.3 Å². The largest absolute Gasteiger partial charge is 0.341 e. The fourth-order valence-electron chi connectivity index (χ4n) is 4.31. The summed E-state index contributed by atoms with van der Waals surface area (Å²) in [6.45, 7) is 5.41. The number of nitrogens with zero attached hydrogens (tertiary/aromatic N) is 6. The van der Waals surface area contributed by atoms with Crippen molar-refractivity contribution >= 4 is 5.91 Å². The summed E-state index contributed by atoms with van der Waals surface area (Å²) in [7, 11) is 8.09. The first kappa shape index (κ1) is 21.4. The second-order valence-corrected chi connectivity index (χ2v) is 8.74. The molecule has 158 valence electrons. The Hall–Kier alpha value is -2.28. The average Bonchev–Trinajstić information content (AvgIpc) is 3.01. The third kappa shape index (κ3) is 5.21. The van der Waals surface area contributed by atoms with E-state index >= 15 is 0 Å². The zero-order valence-corrected chi connectivity index (χ0v) is 18.6. The number of carbonyl (C=O) groups is 1. The number of aromatic nitrogens is 4. The molecule has 1 aliphatic carbocycles. The van der Waals surface area contributed by atoms with E-state index in [4.69, 9.17) is 5.10 Å². The van der Waals surface area contributed by atoms with Crippen molar-refractivity contribution < 1.29 is 4.79 Å². The van der Waals surface area contributed by atoms with E-state index in [1.54, 1.807) is 6.20 Å².